The summed E-state index contributed by atoms with van der Waals surface area (Å²) in [5.41, 5.74) is 1.73. The van der Waals surface area contributed by atoms with Crippen molar-refractivity contribution in [2.45, 2.75) is 6.54 Å². The predicted octanol–water partition coefficient (Wildman–Crippen LogP) is 1.93. The van der Waals surface area contributed by atoms with Crippen molar-refractivity contribution in [1.82, 2.24) is 20.3 Å². The maximum absolute atomic E-state index is 5.79. The summed E-state index contributed by atoms with van der Waals surface area (Å²) in [6, 6.07) is 3.57. The van der Waals surface area contributed by atoms with Crippen LogP contribution in [0.1, 0.15) is 5.56 Å². The normalized spacial score (nSPS) is 10.6. The van der Waals surface area contributed by atoms with Crippen LogP contribution >= 0.6 is 11.6 Å². The van der Waals surface area contributed by atoms with Gasteiger partial charge in [0.05, 0.1) is 11.6 Å². The molecule has 2 aromatic rings. The number of pyridine rings is 1. The van der Waals surface area contributed by atoms with E-state index in [2.05, 4.69) is 20.3 Å². The lowest BCUT2D eigenvalue weighted by Crippen LogP contribution is -2.18. The summed E-state index contributed by atoms with van der Waals surface area (Å²) in [6.45, 7) is 2.21. The first-order valence-corrected chi connectivity index (χ1v) is 6.30. The lowest BCUT2D eigenvalue weighted by molar-refractivity contribution is 0.199. The van der Waals surface area contributed by atoms with Crippen molar-refractivity contribution < 1.29 is 4.74 Å². The second kappa shape index (κ2) is 7.13. The zero-order valence-corrected chi connectivity index (χ0v) is 11.4. The summed E-state index contributed by atoms with van der Waals surface area (Å²) in [5.74, 6) is 0.595. The molecule has 0 atom stereocenters. The van der Waals surface area contributed by atoms with Crippen LogP contribution in [0.3, 0.4) is 0 Å². The van der Waals surface area contributed by atoms with Crippen LogP contribution in [-0.4, -0.2) is 35.2 Å². The van der Waals surface area contributed by atoms with Crippen LogP contribution in [0.15, 0.2) is 30.7 Å². The Morgan fingerprint density at radius 3 is 2.58 bits per heavy atom. The van der Waals surface area contributed by atoms with Crippen LogP contribution in [0.5, 0.6) is 0 Å². The van der Waals surface area contributed by atoms with Gasteiger partial charge in [0, 0.05) is 44.4 Å². The number of hydrogen-bond acceptors (Lipinski definition) is 5. The van der Waals surface area contributed by atoms with E-state index in [1.54, 1.807) is 37.8 Å². The molecule has 0 bridgehead atoms. The third-order valence-corrected chi connectivity index (χ3v) is 2.70. The highest BCUT2D eigenvalue weighted by atomic mass is 35.5. The molecule has 6 heteroatoms. The first-order valence-electron chi connectivity index (χ1n) is 5.92. The summed E-state index contributed by atoms with van der Waals surface area (Å²) in [5, 5.41) is 3.83. The van der Waals surface area contributed by atoms with Gasteiger partial charge in [0.1, 0.15) is 5.69 Å². The minimum absolute atomic E-state index is 0.595. The molecule has 0 aliphatic rings. The molecule has 5 nitrogen and oxygen atoms in total. The molecule has 100 valence electrons. The van der Waals surface area contributed by atoms with Gasteiger partial charge in [0.2, 0.25) is 0 Å². The van der Waals surface area contributed by atoms with E-state index >= 15 is 0 Å². The van der Waals surface area contributed by atoms with Crippen molar-refractivity contribution in [3.05, 3.63) is 41.3 Å². The fraction of sp³-hybridized carbons (Fsp3) is 0.308. The summed E-state index contributed by atoms with van der Waals surface area (Å²) >= 11 is 5.79. The van der Waals surface area contributed by atoms with Gasteiger partial charge in [-0.1, -0.05) is 11.6 Å². The largest absolute Gasteiger partial charge is 0.383 e. The SMILES string of the molecule is COCCNCc1cnc(-c2ccc(Cl)cn2)nc1. The number of methoxy groups -OCH3 is 1. The summed E-state index contributed by atoms with van der Waals surface area (Å²) in [4.78, 5) is 12.8. The molecule has 0 aliphatic heterocycles. The van der Waals surface area contributed by atoms with Crippen molar-refractivity contribution in [3.8, 4) is 11.5 Å². The van der Waals surface area contributed by atoms with E-state index in [-0.39, 0.29) is 0 Å². The lowest BCUT2D eigenvalue weighted by atomic mass is 10.3. The van der Waals surface area contributed by atoms with Gasteiger partial charge in [0.15, 0.2) is 5.82 Å². The van der Waals surface area contributed by atoms with Crippen LogP contribution in [0, 0.1) is 0 Å². The first-order chi connectivity index (χ1) is 9.29. The Labute approximate surface area is 117 Å². The molecule has 19 heavy (non-hydrogen) atoms. The Morgan fingerprint density at radius 2 is 1.95 bits per heavy atom. The topological polar surface area (TPSA) is 59.9 Å². The summed E-state index contributed by atoms with van der Waals surface area (Å²) in [6.07, 6.45) is 5.16. The van der Waals surface area contributed by atoms with E-state index in [0.717, 1.165) is 18.7 Å². The van der Waals surface area contributed by atoms with Crippen molar-refractivity contribution in [2.24, 2.45) is 0 Å². The van der Waals surface area contributed by atoms with Gasteiger partial charge in [0.25, 0.3) is 0 Å². The van der Waals surface area contributed by atoms with Gasteiger partial charge in [-0.15, -0.1) is 0 Å². The zero-order valence-electron chi connectivity index (χ0n) is 10.6. The Hall–Kier alpha value is -1.56. The average molecular weight is 279 g/mol. The van der Waals surface area contributed by atoms with E-state index in [0.29, 0.717) is 23.1 Å². The van der Waals surface area contributed by atoms with Crippen LogP contribution in [-0.2, 0) is 11.3 Å². The number of ether oxygens (including phenoxy) is 1. The van der Waals surface area contributed by atoms with Gasteiger partial charge >= 0.3 is 0 Å². The number of hydrogen-bond donors (Lipinski definition) is 1. The first kappa shape index (κ1) is 13.9. The molecule has 0 aliphatic carbocycles. The summed E-state index contributed by atoms with van der Waals surface area (Å²) in [7, 11) is 1.68. The highest BCUT2D eigenvalue weighted by molar-refractivity contribution is 6.30. The van der Waals surface area contributed by atoms with Crippen molar-refractivity contribution in [2.75, 3.05) is 20.3 Å². The Kier molecular flexibility index (Phi) is 5.20. The fourth-order valence-electron chi connectivity index (χ4n) is 1.49. The predicted molar refractivity (Wildman–Crippen MR) is 73.9 cm³/mol. The van der Waals surface area contributed by atoms with E-state index in [1.807, 2.05) is 0 Å². The van der Waals surface area contributed by atoms with Gasteiger partial charge in [-0.2, -0.15) is 0 Å². The fourth-order valence-corrected chi connectivity index (χ4v) is 1.61. The highest BCUT2D eigenvalue weighted by Crippen LogP contribution is 2.14. The average Bonchev–Trinajstić information content (AvgIpc) is 2.45. The van der Waals surface area contributed by atoms with Crippen LogP contribution < -0.4 is 5.32 Å². The molecule has 0 saturated carbocycles. The second-order valence-electron chi connectivity index (χ2n) is 3.95. The second-order valence-corrected chi connectivity index (χ2v) is 4.38. The zero-order chi connectivity index (χ0) is 13.5. The smallest absolute Gasteiger partial charge is 0.178 e. The molecule has 2 aromatic heterocycles. The molecule has 2 heterocycles. The number of nitrogens with one attached hydrogen (secondary N) is 1. The highest BCUT2D eigenvalue weighted by Gasteiger charge is 2.02. The third-order valence-electron chi connectivity index (χ3n) is 2.47. The van der Waals surface area contributed by atoms with E-state index in [9.17, 15) is 0 Å². The Morgan fingerprint density at radius 1 is 1.16 bits per heavy atom. The van der Waals surface area contributed by atoms with Gasteiger partial charge in [-0.05, 0) is 12.1 Å². The van der Waals surface area contributed by atoms with Crippen molar-refractivity contribution >= 4 is 11.6 Å². The maximum atomic E-state index is 5.79. The number of aromatic nitrogens is 3. The molecule has 0 spiro atoms. The Balaban J connectivity index is 1.96. The minimum Gasteiger partial charge on any atom is -0.383 e. The van der Waals surface area contributed by atoms with Gasteiger partial charge in [-0.25, -0.2) is 9.97 Å². The quantitative estimate of drug-likeness (QED) is 0.818. The minimum atomic E-state index is 0.595. The van der Waals surface area contributed by atoms with E-state index < -0.39 is 0 Å². The monoisotopic (exact) mass is 278 g/mol. The molecular weight excluding hydrogens is 264 g/mol. The van der Waals surface area contributed by atoms with Crippen LogP contribution in [0.4, 0.5) is 0 Å². The van der Waals surface area contributed by atoms with Gasteiger partial charge in [-0.3, -0.25) is 4.98 Å². The van der Waals surface area contributed by atoms with E-state index in [4.69, 9.17) is 16.3 Å². The van der Waals surface area contributed by atoms with Crippen LogP contribution in [0.2, 0.25) is 5.02 Å². The molecule has 0 radical (unpaired) electrons. The van der Waals surface area contributed by atoms with Crippen molar-refractivity contribution in [3.63, 3.8) is 0 Å². The summed E-state index contributed by atoms with van der Waals surface area (Å²) < 4.78 is 4.95. The molecule has 1 N–H and O–H groups in total. The van der Waals surface area contributed by atoms with Crippen LogP contribution in [0.25, 0.3) is 11.5 Å². The Bertz CT molecular complexity index is 501. The molecular formula is C13H15ClN4O. The number of nitrogens with zero attached hydrogens (tertiary/aromatic N) is 3. The molecule has 2 rings (SSSR count). The lowest BCUT2D eigenvalue weighted by Gasteiger charge is -2.04. The van der Waals surface area contributed by atoms with E-state index in [1.165, 1.54) is 0 Å². The molecule has 0 amide bonds. The molecule has 0 saturated heterocycles. The van der Waals surface area contributed by atoms with Crippen molar-refractivity contribution in [1.29, 1.82) is 0 Å². The molecule has 0 aromatic carbocycles. The number of rotatable bonds is 6. The molecule has 0 unspecified atom stereocenters. The van der Waals surface area contributed by atoms with Gasteiger partial charge < -0.3 is 10.1 Å². The third kappa shape index (κ3) is 4.24. The standard InChI is InChI=1S/C13H15ClN4O/c1-19-5-4-15-6-10-7-17-13(18-8-10)12-3-2-11(14)9-16-12/h2-3,7-9,15H,4-6H2,1H3. The maximum Gasteiger partial charge on any atom is 0.178 e. The molecule has 0 fully saturated rings. The number of halogens is 1.